The smallest absolute Gasteiger partial charge is 0.119 e. The SMILES string of the molecule is CN(C)CCOc1ccc(C=NO)cc1.Cl. The summed E-state index contributed by atoms with van der Waals surface area (Å²) in [6.45, 7) is 1.56. The minimum absolute atomic E-state index is 0. The normalized spacial score (nSPS) is 10.4. The third kappa shape index (κ3) is 5.58. The van der Waals surface area contributed by atoms with Crippen molar-refractivity contribution in [1.82, 2.24) is 4.90 Å². The first kappa shape index (κ1) is 14.7. The molecule has 0 aliphatic rings. The van der Waals surface area contributed by atoms with Crippen molar-refractivity contribution in [3.63, 3.8) is 0 Å². The highest BCUT2D eigenvalue weighted by atomic mass is 35.5. The second-order valence-corrected chi connectivity index (χ2v) is 3.47. The van der Waals surface area contributed by atoms with Crippen LogP contribution in [0.3, 0.4) is 0 Å². The summed E-state index contributed by atoms with van der Waals surface area (Å²) in [6, 6.07) is 7.38. The number of rotatable bonds is 5. The second-order valence-electron chi connectivity index (χ2n) is 3.47. The van der Waals surface area contributed by atoms with Crippen molar-refractivity contribution in [2.45, 2.75) is 0 Å². The predicted molar refractivity (Wildman–Crippen MR) is 67.1 cm³/mol. The molecule has 0 spiro atoms. The number of benzene rings is 1. The number of likely N-dealkylation sites (N-methyl/N-ethyl adjacent to an activating group) is 1. The molecule has 1 rings (SSSR count). The Morgan fingerprint density at radius 1 is 1.31 bits per heavy atom. The number of oxime groups is 1. The van der Waals surface area contributed by atoms with E-state index in [1.54, 1.807) is 0 Å². The highest BCUT2D eigenvalue weighted by Crippen LogP contribution is 2.10. The second kappa shape index (κ2) is 7.96. The van der Waals surface area contributed by atoms with Crippen molar-refractivity contribution >= 4 is 18.6 Å². The lowest BCUT2D eigenvalue weighted by Gasteiger charge is -2.10. The molecule has 0 unspecified atom stereocenters. The van der Waals surface area contributed by atoms with Gasteiger partial charge >= 0.3 is 0 Å². The van der Waals surface area contributed by atoms with Gasteiger partial charge in [0.2, 0.25) is 0 Å². The van der Waals surface area contributed by atoms with E-state index in [1.165, 1.54) is 6.21 Å². The Balaban J connectivity index is 0.00000225. The highest BCUT2D eigenvalue weighted by molar-refractivity contribution is 5.85. The molecular formula is C11H17ClN2O2. The molecule has 1 N–H and O–H groups in total. The van der Waals surface area contributed by atoms with Gasteiger partial charge in [-0.05, 0) is 43.9 Å². The van der Waals surface area contributed by atoms with Crippen LogP contribution in [0.5, 0.6) is 5.75 Å². The Labute approximate surface area is 102 Å². The minimum atomic E-state index is 0. The van der Waals surface area contributed by atoms with E-state index in [9.17, 15) is 0 Å². The van der Waals surface area contributed by atoms with Gasteiger partial charge in [0.05, 0.1) is 6.21 Å². The summed E-state index contributed by atoms with van der Waals surface area (Å²) in [4.78, 5) is 2.06. The molecule has 0 radical (unpaired) electrons. The van der Waals surface area contributed by atoms with E-state index in [0.29, 0.717) is 6.61 Å². The Kier molecular flexibility index (Phi) is 7.33. The van der Waals surface area contributed by atoms with Crippen LogP contribution in [-0.4, -0.2) is 43.6 Å². The average Bonchev–Trinajstić information content (AvgIpc) is 2.20. The molecule has 0 bridgehead atoms. The van der Waals surface area contributed by atoms with Crippen LogP contribution in [0.15, 0.2) is 29.4 Å². The summed E-state index contributed by atoms with van der Waals surface area (Å²) in [5.74, 6) is 0.826. The van der Waals surface area contributed by atoms with E-state index in [2.05, 4.69) is 10.1 Å². The molecule has 0 fully saturated rings. The zero-order valence-electron chi connectivity index (χ0n) is 9.46. The third-order valence-corrected chi connectivity index (χ3v) is 1.89. The van der Waals surface area contributed by atoms with Crippen LogP contribution in [0.2, 0.25) is 0 Å². The summed E-state index contributed by atoms with van der Waals surface area (Å²) < 4.78 is 5.50. The van der Waals surface area contributed by atoms with Crippen molar-refractivity contribution < 1.29 is 9.94 Å². The molecule has 0 saturated heterocycles. The van der Waals surface area contributed by atoms with E-state index in [0.717, 1.165) is 17.9 Å². The molecule has 1 aromatic rings. The molecule has 0 amide bonds. The van der Waals surface area contributed by atoms with Crippen LogP contribution in [0.4, 0.5) is 0 Å². The largest absolute Gasteiger partial charge is 0.492 e. The van der Waals surface area contributed by atoms with Crippen LogP contribution in [0.1, 0.15) is 5.56 Å². The van der Waals surface area contributed by atoms with Gasteiger partial charge in [0.25, 0.3) is 0 Å². The molecule has 0 aliphatic heterocycles. The number of ether oxygens (including phenoxy) is 1. The van der Waals surface area contributed by atoms with Gasteiger partial charge in [0, 0.05) is 6.54 Å². The van der Waals surface area contributed by atoms with Gasteiger partial charge in [-0.2, -0.15) is 0 Å². The van der Waals surface area contributed by atoms with E-state index >= 15 is 0 Å². The van der Waals surface area contributed by atoms with Crippen molar-refractivity contribution in [2.75, 3.05) is 27.2 Å². The lowest BCUT2D eigenvalue weighted by atomic mass is 10.2. The van der Waals surface area contributed by atoms with Gasteiger partial charge in [0.1, 0.15) is 12.4 Å². The third-order valence-electron chi connectivity index (χ3n) is 1.89. The number of nitrogens with zero attached hydrogens (tertiary/aromatic N) is 2. The van der Waals surface area contributed by atoms with Gasteiger partial charge in [-0.25, -0.2) is 0 Å². The van der Waals surface area contributed by atoms with Crippen LogP contribution < -0.4 is 4.74 Å². The fraction of sp³-hybridized carbons (Fsp3) is 0.364. The van der Waals surface area contributed by atoms with Gasteiger partial charge in [-0.3, -0.25) is 0 Å². The maximum absolute atomic E-state index is 8.32. The monoisotopic (exact) mass is 244 g/mol. The van der Waals surface area contributed by atoms with E-state index < -0.39 is 0 Å². The fourth-order valence-electron chi connectivity index (χ4n) is 1.06. The topological polar surface area (TPSA) is 45.1 Å². The lowest BCUT2D eigenvalue weighted by molar-refractivity contribution is 0.261. The predicted octanol–water partition coefficient (Wildman–Crippen LogP) is 1.86. The Hall–Kier alpha value is -1.26. The van der Waals surface area contributed by atoms with E-state index in [1.807, 2.05) is 38.4 Å². The summed E-state index contributed by atoms with van der Waals surface area (Å²) >= 11 is 0. The van der Waals surface area contributed by atoms with Crippen molar-refractivity contribution in [3.8, 4) is 5.75 Å². The average molecular weight is 245 g/mol. The van der Waals surface area contributed by atoms with Crippen molar-refractivity contribution in [3.05, 3.63) is 29.8 Å². The van der Waals surface area contributed by atoms with Crippen LogP contribution in [0.25, 0.3) is 0 Å². The maximum atomic E-state index is 8.32. The van der Waals surface area contributed by atoms with Gasteiger partial charge in [-0.1, -0.05) is 5.16 Å². The van der Waals surface area contributed by atoms with E-state index in [-0.39, 0.29) is 12.4 Å². The first-order valence-corrected chi connectivity index (χ1v) is 4.77. The summed E-state index contributed by atoms with van der Waals surface area (Å²) in [7, 11) is 4.01. The molecule has 4 nitrogen and oxygen atoms in total. The zero-order valence-corrected chi connectivity index (χ0v) is 10.3. The fourth-order valence-corrected chi connectivity index (χ4v) is 1.06. The quantitative estimate of drug-likeness (QED) is 0.489. The molecule has 1 aromatic carbocycles. The molecule has 0 aromatic heterocycles. The molecule has 16 heavy (non-hydrogen) atoms. The van der Waals surface area contributed by atoms with E-state index in [4.69, 9.17) is 9.94 Å². The summed E-state index contributed by atoms with van der Waals surface area (Å²) in [6.07, 6.45) is 1.38. The standard InChI is InChI=1S/C11H16N2O2.ClH/c1-13(2)7-8-15-11-5-3-10(4-6-11)9-12-14;/h3-6,9,14H,7-8H2,1-2H3;1H. The minimum Gasteiger partial charge on any atom is -0.492 e. The maximum Gasteiger partial charge on any atom is 0.119 e. The summed E-state index contributed by atoms with van der Waals surface area (Å²) in [5.41, 5.74) is 0.845. The van der Waals surface area contributed by atoms with Gasteiger partial charge < -0.3 is 14.8 Å². The van der Waals surface area contributed by atoms with Gasteiger partial charge in [0.15, 0.2) is 0 Å². The molecular weight excluding hydrogens is 228 g/mol. The first-order valence-electron chi connectivity index (χ1n) is 4.77. The molecule has 0 saturated carbocycles. The van der Waals surface area contributed by atoms with Crippen molar-refractivity contribution in [2.24, 2.45) is 5.16 Å². The number of halogens is 1. The molecule has 5 heteroatoms. The Bertz CT molecular complexity index is 312. The number of hydrogen-bond acceptors (Lipinski definition) is 4. The zero-order chi connectivity index (χ0) is 11.1. The Morgan fingerprint density at radius 3 is 2.44 bits per heavy atom. The van der Waals surface area contributed by atoms with Gasteiger partial charge in [-0.15, -0.1) is 12.4 Å². The summed E-state index contributed by atoms with van der Waals surface area (Å²) in [5, 5.41) is 11.3. The number of hydrogen-bond donors (Lipinski definition) is 1. The molecule has 0 aliphatic carbocycles. The van der Waals surface area contributed by atoms with Crippen LogP contribution in [0, 0.1) is 0 Å². The lowest BCUT2D eigenvalue weighted by Crippen LogP contribution is -2.19. The van der Waals surface area contributed by atoms with Crippen LogP contribution in [-0.2, 0) is 0 Å². The first-order chi connectivity index (χ1) is 7.22. The van der Waals surface area contributed by atoms with Crippen LogP contribution >= 0.6 is 12.4 Å². The molecule has 90 valence electrons. The highest BCUT2D eigenvalue weighted by Gasteiger charge is 1.94. The van der Waals surface area contributed by atoms with Crippen molar-refractivity contribution in [1.29, 1.82) is 0 Å². The molecule has 0 atom stereocenters. The molecule has 0 heterocycles. The Morgan fingerprint density at radius 2 is 1.94 bits per heavy atom.